The van der Waals surface area contributed by atoms with Gasteiger partial charge in [-0.15, -0.1) is 0 Å². The van der Waals surface area contributed by atoms with Crippen LogP contribution in [0.2, 0.25) is 0 Å². The van der Waals surface area contributed by atoms with Crippen LogP contribution in [0.4, 0.5) is 10.1 Å². The Labute approximate surface area is 118 Å². The van der Waals surface area contributed by atoms with Crippen molar-refractivity contribution >= 4 is 11.9 Å². The molecule has 0 aliphatic rings. The second-order valence-electron chi connectivity index (χ2n) is 4.64. The van der Waals surface area contributed by atoms with Gasteiger partial charge >= 0.3 is 0 Å². The molecule has 1 N–H and O–H groups in total. The molecule has 0 unspecified atom stereocenters. The van der Waals surface area contributed by atoms with Gasteiger partial charge in [0.1, 0.15) is 0 Å². The summed E-state index contributed by atoms with van der Waals surface area (Å²) in [5.41, 5.74) is 6.85. The van der Waals surface area contributed by atoms with Crippen molar-refractivity contribution in [3.63, 3.8) is 0 Å². The molecule has 0 fully saturated rings. The van der Waals surface area contributed by atoms with Crippen LogP contribution in [0.1, 0.15) is 16.7 Å². The molecule has 0 aliphatic carbocycles. The minimum absolute atomic E-state index is 0.226. The fourth-order valence-corrected chi connectivity index (χ4v) is 1.98. The van der Waals surface area contributed by atoms with Crippen molar-refractivity contribution in [1.29, 1.82) is 0 Å². The van der Waals surface area contributed by atoms with Gasteiger partial charge < -0.3 is 4.74 Å². The molecule has 2 aromatic rings. The number of rotatable bonds is 4. The number of hydrogen-bond acceptors (Lipinski definition) is 3. The van der Waals surface area contributed by atoms with Gasteiger partial charge in [0.25, 0.3) is 0 Å². The molecule has 2 rings (SSSR count). The average Bonchev–Trinajstić information content (AvgIpc) is 2.38. The van der Waals surface area contributed by atoms with Crippen molar-refractivity contribution in [3.8, 4) is 5.75 Å². The summed E-state index contributed by atoms with van der Waals surface area (Å²) in [5.74, 6) is -0.174. The molecule has 0 heterocycles. The van der Waals surface area contributed by atoms with Crippen LogP contribution in [0.25, 0.3) is 0 Å². The molecule has 0 spiro atoms. The van der Waals surface area contributed by atoms with Crippen LogP contribution in [0.15, 0.2) is 41.5 Å². The molecule has 0 saturated carbocycles. The summed E-state index contributed by atoms with van der Waals surface area (Å²) in [5, 5.41) is 4.11. The summed E-state index contributed by atoms with van der Waals surface area (Å²) in [7, 11) is 1.44. The number of hydrazone groups is 1. The zero-order valence-electron chi connectivity index (χ0n) is 11.8. The van der Waals surface area contributed by atoms with Gasteiger partial charge in [-0.3, -0.25) is 5.43 Å². The van der Waals surface area contributed by atoms with Crippen LogP contribution in [-0.2, 0) is 0 Å². The molecule has 4 heteroatoms. The van der Waals surface area contributed by atoms with E-state index in [-0.39, 0.29) is 5.75 Å². The molecule has 0 amide bonds. The van der Waals surface area contributed by atoms with E-state index in [4.69, 9.17) is 4.74 Å². The Kier molecular flexibility index (Phi) is 4.35. The standard InChI is InChI=1S/C16H17FN2O/c1-11-6-12(2)8-14(7-11)19-18-10-13-4-5-16(20-3)15(17)9-13/h4-10,19H,1-3H3/b18-10-. The second kappa shape index (κ2) is 6.19. The lowest BCUT2D eigenvalue weighted by atomic mass is 10.1. The number of aryl methyl sites for hydroxylation is 2. The third kappa shape index (κ3) is 3.57. The minimum Gasteiger partial charge on any atom is -0.494 e. The van der Waals surface area contributed by atoms with Crippen LogP contribution in [0.3, 0.4) is 0 Å². The maximum Gasteiger partial charge on any atom is 0.165 e. The van der Waals surface area contributed by atoms with Crippen LogP contribution in [-0.4, -0.2) is 13.3 Å². The predicted octanol–water partition coefficient (Wildman–Crippen LogP) is 3.90. The van der Waals surface area contributed by atoms with Gasteiger partial charge in [0.05, 0.1) is 19.0 Å². The second-order valence-corrected chi connectivity index (χ2v) is 4.64. The highest BCUT2D eigenvalue weighted by Crippen LogP contribution is 2.17. The number of anilines is 1. The third-order valence-corrected chi connectivity index (χ3v) is 2.80. The van der Waals surface area contributed by atoms with Crippen molar-refractivity contribution in [2.75, 3.05) is 12.5 Å². The van der Waals surface area contributed by atoms with Crippen molar-refractivity contribution in [2.45, 2.75) is 13.8 Å². The first-order valence-electron chi connectivity index (χ1n) is 6.29. The molecule has 0 bridgehead atoms. The van der Waals surface area contributed by atoms with Crippen molar-refractivity contribution < 1.29 is 9.13 Å². The maximum atomic E-state index is 13.5. The molecule has 20 heavy (non-hydrogen) atoms. The Balaban J connectivity index is 2.08. The van der Waals surface area contributed by atoms with E-state index in [9.17, 15) is 4.39 Å². The summed E-state index contributed by atoms with van der Waals surface area (Å²) < 4.78 is 18.4. The number of methoxy groups -OCH3 is 1. The van der Waals surface area contributed by atoms with Crippen LogP contribution in [0, 0.1) is 19.7 Å². The zero-order chi connectivity index (χ0) is 14.5. The fourth-order valence-electron chi connectivity index (χ4n) is 1.98. The number of hydrogen-bond donors (Lipinski definition) is 1. The lowest BCUT2D eigenvalue weighted by molar-refractivity contribution is 0.386. The number of ether oxygens (including phenoxy) is 1. The Hall–Kier alpha value is -2.36. The first-order chi connectivity index (χ1) is 9.58. The molecule has 0 saturated heterocycles. The van der Waals surface area contributed by atoms with E-state index in [0.717, 1.165) is 16.8 Å². The molecule has 0 radical (unpaired) electrons. The Morgan fingerprint density at radius 1 is 1.10 bits per heavy atom. The number of benzene rings is 2. The van der Waals surface area contributed by atoms with Crippen molar-refractivity contribution in [3.05, 3.63) is 58.9 Å². The van der Waals surface area contributed by atoms with Gasteiger partial charge in [-0.25, -0.2) is 4.39 Å². The Bertz CT molecular complexity index is 618. The molecule has 0 atom stereocenters. The van der Waals surface area contributed by atoms with Crippen molar-refractivity contribution in [2.24, 2.45) is 5.10 Å². The van der Waals surface area contributed by atoms with Crippen molar-refractivity contribution in [1.82, 2.24) is 0 Å². The molecule has 104 valence electrons. The smallest absolute Gasteiger partial charge is 0.165 e. The maximum absolute atomic E-state index is 13.5. The molecule has 0 aromatic heterocycles. The zero-order valence-corrected chi connectivity index (χ0v) is 11.8. The molecule has 0 aliphatic heterocycles. The van der Waals surface area contributed by atoms with Crippen LogP contribution < -0.4 is 10.2 Å². The lowest BCUT2D eigenvalue weighted by Crippen LogP contribution is -1.94. The van der Waals surface area contributed by atoms with E-state index >= 15 is 0 Å². The quantitative estimate of drug-likeness (QED) is 0.676. The number of nitrogens with zero attached hydrogens (tertiary/aromatic N) is 1. The Morgan fingerprint density at radius 3 is 2.40 bits per heavy atom. The predicted molar refractivity (Wildman–Crippen MR) is 80.1 cm³/mol. The summed E-state index contributed by atoms with van der Waals surface area (Å²) >= 11 is 0. The van der Waals surface area contributed by atoms with E-state index in [1.807, 2.05) is 26.0 Å². The third-order valence-electron chi connectivity index (χ3n) is 2.80. The van der Waals surface area contributed by atoms with Crippen LogP contribution in [0.5, 0.6) is 5.75 Å². The molecular formula is C16H17FN2O. The summed E-state index contributed by atoms with van der Waals surface area (Å²) in [6, 6.07) is 10.8. The van der Waals surface area contributed by atoms with E-state index in [1.165, 1.54) is 13.2 Å². The van der Waals surface area contributed by atoms with Crippen LogP contribution >= 0.6 is 0 Å². The van der Waals surface area contributed by atoms with Gasteiger partial charge in [-0.1, -0.05) is 6.07 Å². The summed E-state index contributed by atoms with van der Waals surface area (Å²) in [6.45, 7) is 4.06. The topological polar surface area (TPSA) is 33.6 Å². The van der Waals surface area contributed by atoms with E-state index in [0.29, 0.717) is 5.56 Å². The van der Waals surface area contributed by atoms with E-state index < -0.39 is 5.82 Å². The van der Waals surface area contributed by atoms with E-state index in [1.54, 1.807) is 18.3 Å². The average molecular weight is 272 g/mol. The molecule has 3 nitrogen and oxygen atoms in total. The van der Waals surface area contributed by atoms with Gasteiger partial charge in [0, 0.05) is 0 Å². The lowest BCUT2D eigenvalue weighted by Gasteiger charge is -2.04. The summed E-state index contributed by atoms with van der Waals surface area (Å²) in [4.78, 5) is 0. The first-order valence-corrected chi connectivity index (χ1v) is 6.29. The first kappa shape index (κ1) is 14.1. The largest absolute Gasteiger partial charge is 0.494 e. The monoisotopic (exact) mass is 272 g/mol. The molecule has 2 aromatic carbocycles. The molecular weight excluding hydrogens is 255 g/mol. The highest BCUT2D eigenvalue weighted by Gasteiger charge is 2.01. The van der Waals surface area contributed by atoms with Gasteiger partial charge in [0.15, 0.2) is 11.6 Å². The van der Waals surface area contributed by atoms with Gasteiger partial charge in [0.2, 0.25) is 0 Å². The number of nitrogens with one attached hydrogen (secondary N) is 1. The van der Waals surface area contributed by atoms with Gasteiger partial charge in [-0.05, 0) is 60.9 Å². The SMILES string of the molecule is COc1ccc(/C=N\Nc2cc(C)cc(C)c2)cc1F. The van der Waals surface area contributed by atoms with Gasteiger partial charge in [-0.2, -0.15) is 5.10 Å². The normalized spacial score (nSPS) is 10.8. The highest BCUT2D eigenvalue weighted by atomic mass is 19.1. The fraction of sp³-hybridized carbons (Fsp3) is 0.188. The summed E-state index contributed by atoms with van der Waals surface area (Å²) in [6.07, 6.45) is 1.57. The minimum atomic E-state index is -0.400. The highest BCUT2D eigenvalue weighted by molar-refractivity contribution is 5.80. The number of halogens is 1. The Morgan fingerprint density at radius 2 is 1.80 bits per heavy atom. The van der Waals surface area contributed by atoms with E-state index in [2.05, 4.69) is 16.6 Å².